The van der Waals surface area contributed by atoms with Gasteiger partial charge in [-0.3, -0.25) is 9.97 Å². The molecule has 5 nitrogen and oxygen atoms in total. The Labute approximate surface area is 230 Å². The lowest BCUT2D eigenvalue weighted by molar-refractivity contribution is 0.577. The normalized spacial score (nSPS) is 13.1. The second kappa shape index (κ2) is 11.9. The van der Waals surface area contributed by atoms with E-state index in [1.165, 1.54) is 31.0 Å². The molecule has 0 bridgehead atoms. The third-order valence-corrected chi connectivity index (χ3v) is 7.21. The third-order valence-electron chi connectivity index (χ3n) is 7.21. The monoisotopic (exact) mass is 519 g/mol. The molecule has 2 N–H and O–H groups in total. The van der Waals surface area contributed by atoms with Crippen molar-refractivity contribution in [2.75, 3.05) is 35.7 Å². The van der Waals surface area contributed by atoms with Gasteiger partial charge in [-0.2, -0.15) is 0 Å². The Morgan fingerprint density at radius 3 is 2.49 bits per heavy atom. The smallest absolute Gasteiger partial charge is 0.126 e. The van der Waals surface area contributed by atoms with E-state index in [1.807, 2.05) is 37.6 Å². The highest BCUT2D eigenvalue weighted by atomic mass is 19.1. The summed E-state index contributed by atoms with van der Waals surface area (Å²) in [5, 5.41) is 6.60. The van der Waals surface area contributed by atoms with Gasteiger partial charge in [-0.1, -0.05) is 37.4 Å². The number of nitrogens with one attached hydrogen (secondary N) is 2. The number of benzene rings is 2. The first-order chi connectivity index (χ1) is 19.0. The standard InChI is InChI=1S/C33H34FN5/c1-23(24(2)38-29-13-12-28(37-21-29)17-26-9-5-6-10-32(26)34)31-19-25(11-14-33(31)35-3)27-18-30(22-36-20-27)39-15-7-4-8-16-39/h5-6,9-14,18-22,35,38H,1-2,4,7-8,15-17H2,3H3. The van der Waals surface area contributed by atoms with Crippen molar-refractivity contribution in [1.29, 1.82) is 0 Å². The van der Waals surface area contributed by atoms with E-state index in [-0.39, 0.29) is 5.82 Å². The van der Waals surface area contributed by atoms with Gasteiger partial charge in [-0.25, -0.2) is 4.39 Å². The van der Waals surface area contributed by atoms with Crippen molar-refractivity contribution in [2.24, 2.45) is 0 Å². The van der Waals surface area contributed by atoms with Crippen LogP contribution in [-0.2, 0) is 6.42 Å². The molecule has 4 aromatic rings. The number of pyridine rings is 2. The minimum Gasteiger partial charge on any atom is -0.388 e. The van der Waals surface area contributed by atoms with Crippen molar-refractivity contribution in [3.05, 3.63) is 121 Å². The molecule has 2 aromatic heterocycles. The Balaban J connectivity index is 1.31. The maximum atomic E-state index is 14.0. The molecule has 0 radical (unpaired) electrons. The number of hydrogen-bond donors (Lipinski definition) is 2. The van der Waals surface area contributed by atoms with E-state index in [0.717, 1.165) is 52.4 Å². The second-order valence-electron chi connectivity index (χ2n) is 9.88. The predicted octanol–water partition coefficient (Wildman–Crippen LogP) is 7.54. The Morgan fingerprint density at radius 2 is 1.74 bits per heavy atom. The lowest BCUT2D eigenvalue weighted by Gasteiger charge is -2.28. The van der Waals surface area contributed by atoms with Gasteiger partial charge in [0.15, 0.2) is 0 Å². The number of allylic oxidation sites excluding steroid dienone is 1. The first-order valence-corrected chi connectivity index (χ1v) is 13.4. The van der Waals surface area contributed by atoms with Crippen LogP contribution in [-0.4, -0.2) is 30.1 Å². The molecule has 39 heavy (non-hydrogen) atoms. The summed E-state index contributed by atoms with van der Waals surface area (Å²) in [6, 6.07) is 19.1. The summed E-state index contributed by atoms with van der Waals surface area (Å²) in [4.78, 5) is 11.5. The van der Waals surface area contributed by atoms with E-state index in [2.05, 4.69) is 62.9 Å². The first kappa shape index (κ1) is 26.2. The fourth-order valence-electron chi connectivity index (χ4n) is 4.95. The molecule has 0 aliphatic carbocycles. The lowest BCUT2D eigenvalue weighted by atomic mass is 9.97. The van der Waals surface area contributed by atoms with Gasteiger partial charge in [-0.05, 0) is 72.4 Å². The second-order valence-corrected chi connectivity index (χ2v) is 9.88. The number of nitrogens with zero attached hydrogens (tertiary/aromatic N) is 3. The van der Waals surface area contributed by atoms with Gasteiger partial charge in [0.1, 0.15) is 5.82 Å². The summed E-state index contributed by atoms with van der Waals surface area (Å²) < 4.78 is 14.0. The first-order valence-electron chi connectivity index (χ1n) is 13.4. The largest absolute Gasteiger partial charge is 0.388 e. The van der Waals surface area contributed by atoms with Gasteiger partial charge in [0, 0.05) is 61.0 Å². The number of piperidine rings is 1. The van der Waals surface area contributed by atoms with Gasteiger partial charge < -0.3 is 15.5 Å². The van der Waals surface area contributed by atoms with Crippen LogP contribution in [0.1, 0.15) is 36.1 Å². The summed E-state index contributed by atoms with van der Waals surface area (Å²) in [5.41, 5.74) is 8.89. The van der Waals surface area contributed by atoms with Crippen LogP contribution in [0.4, 0.5) is 21.5 Å². The van der Waals surface area contributed by atoms with Gasteiger partial charge in [0.2, 0.25) is 0 Å². The zero-order chi connectivity index (χ0) is 27.2. The van der Waals surface area contributed by atoms with E-state index >= 15 is 0 Å². The molecule has 0 atom stereocenters. The van der Waals surface area contributed by atoms with Crippen molar-refractivity contribution in [3.8, 4) is 11.1 Å². The number of halogens is 1. The van der Waals surface area contributed by atoms with Gasteiger partial charge in [0.05, 0.1) is 23.8 Å². The molecule has 1 fully saturated rings. The van der Waals surface area contributed by atoms with Crippen LogP contribution in [0.15, 0.2) is 98.1 Å². The number of hydrogen-bond acceptors (Lipinski definition) is 5. The van der Waals surface area contributed by atoms with E-state index in [0.29, 0.717) is 17.7 Å². The molecule has 0 unspecified atom stereocenters. The SMILES string of the molecule is C=C(Nc1ccc(Cc2ccccc2F)nc1)C(=C)c1cc(-c2cncc(N3CCCCC3)c2)ccc1NC. The molecular weight excluding hydrogens is 485 g/mol. The Morgan fingerprint density at radius 1 is 0.923 bits per heavy atom. The summed E-state index contributed by atoms with van der Waals surface area (Å²) in [5.74, 6) is -0.220. The van der Waals surface area contributed by atoms with Crippen LogP contribution in [0.5, 0.6) is 0 Å². The number of rotatable bonds is 9. The average Bonchev–Trinajstić information content (AvgIpc) is 2.99. The van der Waals surface area contributed by atoms with Crippen LogP contribution < -0.4 is 15.5 Å². The molecule has 0 amide bonds. The topological polar surface area (TPSA) is 53.1 Å². The quantitative estimate of drug-likeness (QED) is 0.224. The molecule has 0 spiro atoms. The maximum absolute atomic E-state index is 14.0. The Bertz CT molecular complexity index is 1470. The highest BCUT2D eigenvalue weighted by Crippen LogP contribution is 2.33. The van der Waals surface area contributed by atoms with Crippen molar-refractivity contribution in [2.45, 2.75) is 25.7 Å². The minimum atomic E-state index is -0.220. The van der Waals surface area contributed by atoms with E-state index in [9.17, 15) is 4.39 Å². The summed E-state index contributed by atoms with van der Waals surface area (Å²) in [6.45, 7) is 10.8. The van der Waals surface area contributed by atoms with Crippen LogP contribution >= 0.6 is 0 Å². The van der Waals surface area contributed by atoms with Gasteiger partial charge in [0.25, 0.3) is 0 Å². The van der Waals surface area contributed by atoms with Crippen LogP contribution in [0.2, 0.25) is 0 Å². The fraction of sp³-hybridized carbons (Fsp3) is 0.212. The molecule has 3 heterocycles. The zero-order valence-electron chi connectivity index (χ0n) is 22.4. The average molecular weight is 520 g/mol. The molecule has 6 heteroatoms. The van der Waals surface area contributed by atoms with Crippen molar-refractivity contribution >= 4 is 22.6 Å². The summed E-state index contributed by atoms with van der Waals surface area (Å²) in [7, 11) is 1.90. The van der Waals surface area contributed by atoms with E-state index in [4.69, 9.17) is 0 Å². The molecule has 1 aliphatic rings. The van der Waals surface area contributed by atoms with Crippen molar-refractivity contribution < 1.29 is 4.39 Å². The van der Waals surface area contributed by atoms with Crippen molar-refractivity contribution in [3.63, 3.8) is 0 Å². The predicted molar refractivity (Wildman–Crippen MR) is 161 cm³/mol. The minimum absolute atomic E-state index is 0.220. The van der Waals surface area contributed by atoms with Crippen LogP contribution in [0.25, 0.3) is 16.7 Å². The molecule has 5 rings (SSSR count). The summed E-state index contributed by atoms with van der Waals surface area (Å²) in [6.07, 6.45) is 9.79. The molecular formula is C33H34FN5. The van der Waals surface area contributed by atoms with E-state index < -0.39 is 0 Å². The highest BCUT2D eigenvalue weighted by Gasteiger charge is 2.15. The Hall–Kier alpha value is -4.45. The molecule has 0 saturated carbocycles. The Kier molecular flexibility index (Phi) is 8.02. The molecule has 1 saturated heterocycles. The van der Waals surface area contributed by atoms with Gasteiger partial charge in [-0.15, -0.1) is 0 Å². The number of anilines is 3. The molecule has 2 aromatic carbocycles. The lowest BCUT2D eigenvalue weighted by Crippen LogP contribution is -2.29. The number of aromatic nitrogens is 2. The third kappa shape index (κ3) is 6.17. The van der Waals surface area contributed by atoms with Gasteiger partial charge >= 0.3 is 0 Å². The highest BCUT2D eigenvalue weighted by molar-refractivity contribution is 5.88. The van der Waals surface area contributed by atoms with Crippen molar-refractivity contribution in [1.82, 2.24) is 9.97 Å². The van der Waals surface area contributed by atoms with E-state index in [1.54, 1.807) is 18.3 Å². The maximum Gasteiger partial charge on any atom is 0.126 e. The van der Waals surface area contributed by atoms with Crippen LogP contribution in [0.3, 0.4) is 0 Å². The summed E-state index contributed by atoms with van der Waals surface area (Å²) >= 11 is 0. The van der Waals surface area contributed by atoms with Crippen LogP contribution in [0, 0.1) is 5.82 Å². The molecule has 1 aliphatic heterocycles. The molecule has 198 valence electrons. The zero-order valence-corrected chi connectivity index (χ0v) is 22.4. The fourth-order valence-corrected chi connectivity index (χ4v) is 4.95.